The molecule has 7 N–H and O–H groups in total. The van der Waals surface area contributed by atoms with Crippen molar-refractivity contribution in [1.82, 2.24) is 15.5 Å². The molecule has 1 aliphatic heterocycles. The summed E-state index contributed by atoms with van der Waals surface area (Å²) in [6.07, 6.45) is 5.95. The van der Waals surface area contributed by atoms with Gasteiger partial charge in [0, 0.05) is 18.7 Å². The van der Waals surface area contributed by atoms with Crippen LogP contribution in [0, 0.1) is 5.92 Å². The van der Waals surface area contributed by atoms with Crippen LogP contribution >= 0.6 is 11.9 Å². The van der Waals surface area contributed by atoms with Gasteiger partial charge in [0.1, 0.15) is 11.1 Å². The summed E-state index contributed by atoms with van der Waals surface area (Å²) >= 11 is 0.799. The maximum Gasteiger partial charge on any atom is 0.245 e. The largest absolute Gasteiger partial charge is 0.860 e. The maximum atomic E-state index is 13.8. The van der Waals surface area contributed by atoms with Crippen molar-refractivity contribution < 1.29 is 19.8 Å². The molecule has 0 unspecified atom stereocenters. The molecule has 204 valence electrons. The minimum absolute atomic E-state index is 0.00677. The molecular formula is C26H39N6O4S-. The Kier molecular flexibility index (Phi) is 11.2. The van der Waals surface area contributed by atoms with Gasteiger partial charge in [-0.2, -0.15) is 0 Å². The van der Waals surface area contributed by atoms with Crippen molar-refractivity contribution in [2.75, 3.05) is 19.7 Å². The minimum atomic E-state index is -0.730. The van der Waals surface area contributed by atoms with Crippen LogP contribution in [0.5, 0.6) is 0 Å². The molecule has 1 saturated carbocycles. The number of nitrogens with zero attached hydrogens (tertiary/aromatic N) is 2. The Balaban J connectivity index is 1.82. The fourth-order valence-corrected chi connectivity index (χ4v) is 5.42. The quantitative estimate of drug-likeness (QED) is 0.158. The normalized spacial score (nSPS) is 21.3. The van der Waals surface area contributed by atoms with Crippen LogP contribution in [0.1, 0.15) is 57.4 Å². The number of aliphatic hydroxyl groups excluding tert-OH is 1. The summed E-state index contributed by atoms with van der Waals surface area (Å²) in [5, 5.41) is 34.2. The predicted molar refractivity (Wildman–Crippen MR) is 145 cm³/mol. The van der Waals surface area contributed by atoms with Crippen LogP contribution in [0.3, 0.4) is 0 Å². The smallest absolute Gasteiger partial charge is 0.245 e. The van der Waals surface area contributed by atoms with E-state index in [1.807, 2.05) is 30.3 Å². The number of hydrogen-bond acceptors (Lipinski definition) is 9. The van der Waals surface area contributed by atoms with Crippen LogP contribution in [0.25, 0.3) is 5.70 Å². The third-order valence-corrected chi connectivity index (χ3v) is 7.63. The molecule has 0 bridgehead atoms. The van der Waals surface area contributed by atoms with Crippen LogP contribution in [0.15, 0.2) is 40.4 Å². The van der Waals surface area contributed by atoms with Gasteiger partial charge >= 0.3 is 0 Å². The number of amides is 2. The number of nitrogens with two attached hydrogens (primary N) is 2. The molecule has 2 aliphatic rings. The van der Waals surface area contributed by atoms with E-state index in [0.29, 0.717) is 30.6 Å². The van der Waals surface area contributed by atoms with Gasteiger partial charge in [0.25, 0.3) is 0 Å². The van der Waals surface area contributed by atoms with Crippen LogP contribution in [-0.2, 0) is 9.59 Å². The molecule has 3 rings (SSSR count). The first kappa shape index (κ1) is 29.0. The van der Waals surface area contributed by atoms with Gasteiger partial charge in [0.05, 0.1) is 24.4 Å². The number of likely N-dealkylation sites (tertiary alicyclic amines) is 1. The highest BCUT2D eigenvalue weighted by Crippen LogP contribution is 2.30. The lowest BCUT2D eigenvalue weighted by Crippen LogP contribution is -2.58. The number of nitrogens with one attached hydrogen (secondary N) is 2. The van der Waals surface area contributed by atoms with Crippen LogP contribution in [-0.4, -0.2) is 65.5 Å². The molecule has 1 saturated heterocycles. The van der Waals surface area contributed by atoms with Crippen molar-refractivity contribution in [2.45, 2.75) is 70.0 Å². The number of aliphatic hydroxyl groups is 1. The Hall–Kier alpha value is -2.60. The topological polar surface area (TPSA) is 169 Å². The average Bonchev–Trinajstić information content (AvgIpc) is 3.43. The average molecular weight is 532 g/mol. The molecule has 2 fully saturated rings. The highest BCUT2D eigenvalue weighted by Gasteiger charge is 2.38. The van der Waals surface area contributed by atoms with Crippen molar-refractivity contribution in [3.05, 3.63) is 40.9 Å². The molecule has 37 heavy (non-hydrogen) atoms. The fourth-order valence-electron chi connectivity index (χ4n) is 5.03. The number of hydrogen-bond donors (Lipinski definition) is 5. The Bertz CT molecular complexity index is 967. The van der Waals surface area contributed by atoms with E-state index in [-0.39, 0.29) is 35.9 Å². The predicted octanol–water partition coefficient (Wildman–Crippen LogP) is 0.664. The Morgan fingerprint density at radius 2 is 1.89 bits per heavy atom. The van der Waals surface area contributed by atoms with Gasteiger partial charge in [0.15, 0.2) is 0 Å². The number of benzene rings is 1. The van der Waals surface area contributed by atoms with Crippen LogP contribution in [0.4, 0.5) is 0 Å². The molecule has 1 heterocycles. The zero-order chi connectivity index (χ0) is 26.8. The van der Waals surface area contributed by atoms with Gasteiger partial charge in [-0.25, -0.2) is 0 Å². The van der Waals surface area contributed by atoms with Crippen molar-refractivity contribution in [3.8, 4) is 0 Å². The molecule has 10 nitrogen and oxygen atoms in total. The summed E-state index contributed by atoms with van der Waals surface area (Å²) in [6.45, 7) is 2.31. The van der Waals surface area contributed by atoms with Crippen LogP contribution < -0.4 is 26.6 Å². The van der Waals surface area contributed by atoms with E-state index in [0.717, 1.165) is 44.1 Å². The number of carbonyl (C=O) groups is 2. The minimum Gasteiger partial charge on any atom is -0.860 e. The monoisotopic (exact) mass is 531 g/mol. The first-order valence-corrected chi connectivity index (χ1v) is 13.9. The molecule has 2 amide bonds. The first-order chi connectivity index (χ1) is 17.9. The van der Waals surface area contributed by atoms with Gasteiger partial charge in [0.2, 0.25) is 11.8 Å². The summed E-state index contributed by atoms with van der Waals surface area (Å²) < 4.78 is 0. The van der Waals surface area contributed by atoms with E-state index in [4.69, 9.17) is 16.0 Å². The summed E-state index contributed by atoms with van der Waals surface area (Å²) in [5.41, 5.74) is 7.24. The van der Waals surface area contributed by atoms with E-state index in [2.05, 4.69) is 15.6 Å². The summed E-state index contributed by atoms with van der Waals surface area (Å²) in [7, 11) is 0. The molecule has 11 heteroatoms. The molecule has 1 aliphatic carbocycles. The zero-order valence-electron chi connectivity index (χ0n) is 21.4. The summed E-state index contributed by atoms with van der Waals surface area (Å²) in [5.74, 6) is -1.01. The van der Waals surface area contributed by atoms with E-state index in [1.165, 1.54) is 0 Å². The Morgan fingerprint density at radius 1 is 1.19 bits per heavy atom. The molecule has 1 aromatic carbocycles. The van der Waals surface area contributed by atoms with Crippen molar-refractivity contribution in [3.63, 3.8) is 0 Å². The third kappa shape index (κ3) is 7.70. The standard InChI is InChI=1S/C26H40N6O4S/c1-17(29-14-16-33)23(34)30-22(19-11-6-3-7-12-19)26(36)32-15-8-13-20(32)24(35)31-25(37-28)21(27)18-9-4-2-5-10-18/h2,4-5,9-10,17,19-20,22,29,33H,3,6-8,11-16,27-28H2,1H3,(H,30,34)(H,31,35)/p-1/b25-21-/t17-,20+,22+/m1/s1. The maximum absolute atomic E-state index is 13.8. The fraction of sp³-hybridized carbons (Fsp3) is 0.577. The van der Waals surface area contributed by atoms with E-state index in [1.54, 1.807) is 11.8 Å². The van der Waals surface area contributed by atoms with Gasteiger partial charge in [-0.3, -0.25) is 19.7 Å². The van der Waals surface area contributed by atoms with Crippen molar-refractivity contribution in [1.29, 1.82) is 0 Å². The highest BCUT2D eigenvalue weighted by atomic mass is 32.2. The van der Waals surface area contributed by atoms with Gasteiger partial charge in [-0.15, -0.1) is 0 Å². The lowest BCUT2D eigenvalue weighted by atomic mass is 9.83. The molecule has 0 aromatic heterocycles. The molecule has 0 radical (unpaired) electrons. The van der Waals surface area contributed by atoms with Gasteiger partial charge in [-0.1, -0.05) is 49.6 Å². The molecule has 3 atom stereocenters. The van der Waals surface area contributed by atoms with Crippen molar-refractivity contribution >= 4 is 35.4 Å². The lowest BCUT2D eigenvalue weighted by molar-refractivity contribution is -0.224. The van der Waals surface area contributed by atoms with Gasteiger partial charge in [-0.05, 0) is 56.4 Å². The molecule has 1 aromatic rings. The second-order valence-electron chi connectivity index (χ2n) is 9.63. The highest BCUT2D eigenvalue weighted by molar-refractivity contribution is 8.01. The number of rotatable bonds is 11. The molecule has 0 spiro atoms. The molecular weight excluding hydrogens is 492 g/mol. The summed E-state index contributed by atoms with van der Waals surface area (Å²) in [6, 6.07) is 7.14. The Morgan fingerprint density at radius 3 is 2.54 bits per heavy atom. The SMILES string of the molecule is C[C@@H](NCCO)C(=O)N[C@H](C(=O)N1CCC[C@H]1C([O-])=N/C(SN)=C(/N)c1ccccc1)C1CCCCC1. The second-order valence-corrected chi connectivity index (χ2v) is 10.2. The van der Waals surface area contributed by atoms with E-state index < -0.39 is 24.0 Å². The second kappa shape index (κ2) is 14.4. The number of carbonyl (C=O) groups excluding carboxylic acids is 2. The Labute approximate surface area is 223 Å². The van der Waals surface area contributed by atoms with E-state index >= 15 is 0 Å². The zero-order valence-corrected chi connectivity index (χ0v) is 22.2. The number of aliphatic imine (C=N–C) groups is 1. The summed E-state index contributed by atoms with van der Waals surface area (Å²) in [4.78, 5) is 32.5. The first-order valence-electron chi connectivity index (χ1n) is 13.0. The third-order valence-electron chi connectivity index (χ3n) is 7.10. The van der Waals surface area contributed by atoms with E-state index in [9.17, 15) is 14.7 Å². The van der Waals surface area contributed by atoms with Crippen molar-refractivity contribution in [2.24, 2.45) is 21.8 Å². The lowest BCUT2D eigenvalue weighted by Gasteiger charge is -2.36. The van der Waals surface area contributed by atoms with Crippen LogP contribution in [0.2, 0.25) is 0 Å². The van der Waals surface area contributed by atoms with Gasteiger partial charge < -0.3 is 31.5 Å².